The molecule has 0 bridgehead atoms. The summed E-state index contributed by atoms with van der Waals surface area (Å²) in [5.41, 5.74) is -0.325. The van der Waals surface area contributed by atoms with E-state index in [1.165, 1.54) is 0 Å². The van der Waals surface area contributed by atoms with Crippen molar-refractivity contribution in [2.75, 3.05) is 0 Å². The van der Waals surface area contributed by atoms with Crippen LogP contribution in [0.1, 0.15) is 0 Å². The number of benzene rings is 2. The summed E-state index contributed by atoms with van der Waals surface area (Å²) in [5.74, 6) is 0. The van der Waals surface area contributed by atoms with Crippen molar-refractivity contribution >= 4 is 33.2 Å². The third-order valence-electron chi connectivity index (χ3n) is 2.59. The minimum absolute atomic E-state index is 0.319. The number of rotatable bonds is 2. The van der Waals surface area contributed by atoms with Crippen LogP contribution in [0.25, 0.3) is 10.1 Å². The molecule has 0 saturated heterocycles. The lowest BCUT2D eigenvalue weighted by atomic mass is 10.3. The Labute approximate surface area is 116 Å². The fourth-order valence-corrected chi connectivity index (χ4v) is 3.37. The van der Waals surface area contributed by atoms with Crippen LogP contribution >= 0.6 is 23.1 Å². The molecule has 3 nitrogen and oxygen atoms in total. The maximum Gasteiger partial charge on any atom is 0.307 e. The zero-order chi connectivity index (χ0) is 13.2. The Hall–Kier alpha value is -1.85. The van der Waals surface area contributed by atoms with Gasteiger partial charge in [0.05, 0.1) is 5.39 Å². The Balaban J connectivity index is 2.07. The SMILES string of the molecule is O=c1[nH]c(=O)c2cc(Sc3ccccc3)ccc2s1. The standard InChI is InChI=1S/C14H9NO2S2/c16-13-11-8-10(18-9-4-2-1-3-5-9)6-7-12(11)19-14(17)15-13/h1-8H,(H,15,16,17). The number of aromatic nitrogens is 1. The van der Waals surface area contributed by atoms with E-state index in [4.69, 9.17) is 0 Å². The Morgan fingerprint density at radius 2 is 1.74 bits per heavy atom. The van der Waals surface area contributed by atoms with Gasteiger partial charge in [-0.3, -0.25) is 14.6 Å². The lowest BCUT2D eigenvalue weighted by molar-refractivity contribution is 1.25. The van der Waals surface area contributed by atoms with E-state index in [0.717, 1.165) is 21.1 Å². The second-order valence-corrected chi connectivity index (χ2v) is 6.08. The molecule has 0 radical (unpaired) electrons. The van der Waals surface area contributed by atoms with Gasteiger partial charge in [0.1, 0.15) is 0 Å². The quantitative estimate of drug-likeness (QED) is 0.788. The molecule has 0 amide bonds. The van der Waals surface area contributed by atoms with Crippen molar-refractivity contribution in [3.05, 3.63) is 68.6 Å². The molecule has 1 aromatic heterocycles. The Morgan fingerprint density at radius 3 is 2.53 bits per heavy atom. The number of nitrogens with one attached hydrogen (secondary N) is 1. The van der Waals surface area contributed by atoms with Crippen molar-refractivity contribution in [3.8, 4) is 0 Å². The van der Waals surface area contributed by atoms with Gasteiger partial charge in [-0.2, -0.15) is 0 Å². The fraction of sp³-hybridized carbons (Fsp3) is 0. The van der Waals surface area contributed by atoms with Crippen LogP contribution in [0.5, 0.6) is 0 Å². The van der Waals surface area contributed by atoms with Gasteiger partial charge in [0.25, 0.3) is 5.56 Å². The second kappa shape index (κ2) is 5.03. The molecule has 3 aromatic rings. The van der Waals surface area contributed by atoms with E-state index in [9.17, 15) is 9.59 Å². The van der Waals surface area contributed by atoms with Crippen LogP contribution in [0.15, 0.2) is 67.9 Å². The van der Waals surface area contributed by atoms with E-state index in [2.05, 4.69) is 4.98 Å². The first-order valence-corrected chi connectivity index (χ1v) is 7.26. The van der Waals surface area contributed by atoms with E-state index in [1.807, 2.05) is 48.5 Å². The Kier molecular flexibility index (Phi) is 3.23. The van der Waals surface area contributed by atoms with Gasteiger partial charge in [0, 0.05) is 14.5 Å². The minimum Gasteiger partial charge on any atom is -0.280 e. The summed E-state index contributed by atoms with van der Waals surface area (Å²) in [7, 11) is 0. The van der Waals surface area contributed by atoms with Gasteiger partial charge >= 0.3 is 4.87 Å². The summed E-state index contributed by atoms with van der Waals surface area (Å²) in [5, 5.41) is 0.561. The largest absolute Gasteiger partial charge is 0.307 e. The molecule has 1 heterocycles. The molecule has 5 heteroatoms. The first-order valence-electron chi connectivity index (χ1n) is 5.62. The van der Waals surface area contributed by atoms with Crippen LogP contribution in [-0.2, 0) is 0 Å². The van der Waals surface area contributed by atoms with E-state index in [0.29, 0.717) is 10.1 Å². The Morgan fingerprint density at radius 1 is 0.947 bits per heavy atom. The normalized spacial score (nSPS) is 10.7. The monoisotopic (exact) mass is 287 g/mol. The van der Waals surface area contributed by atoms with E-state index < -0.39 is 0 Å². The predicted molar refractivity (Wildman–Crippen MR) is 79.3 cm³/mol. The molecule has 0 fully saturated rings. The zero-order valence-corrected chi connectivity index (χ0v) is 11.4. The third kappa shape index (κ3) is 2.62. The lowest BCUT2D eigenvalue weighted by Crippen LogP contribution is -2.15. The molecule has 0 aliphatic heterocycles. The van der Waals surface area contributed by atoms with E-state index in [1.54, 1.807) is 11.8 Å². The summed E-state index contributed by atoms with van der Waals surface area (Å²) in [4.78, 5) is 27.1. The van der Waals surface area contributed by atoms with Crippen molar-refractivity contribution in [1.82, 2.24) is 4.98 Å². The fourth-order valence-electron chi connectivity index (χ4n) is 1.75. The van der Waals surface area contributed by atoms with Crippen LogP contribution in [0.3, 0.4) is 0 Å². The molecule has 0 aliphatic rings. The van der Waals surface area contributed by atoms with Crippen LogP contribution in [0.4, 0.5) is 0 Å². The second-order valence-electron chi connectivity index (χ2n) is 3.92. The lowest BCUT2D eigenvalue weighted by Gasteiger charge is -2.02. The number of fused-ring (bicyclic) bond motifs is 1. The molecule has 2 aromatic carbocycles. The molecule has 19 heavy (non-hydrogen) atoms. The third-order valence-corrected chi connectivity index (χ3v) is 4.45. The smallest absolute Gasteiger partial charge is 0.280 e. The molecule has 0 aliphatic carbocycles. The predicted octanol–water partition coefficient (Wildman–Crippen LogP) is 3.10. The van der Waals surface area contributed by atoms with Crippen molar-refractivity contribution in [1.29, 1.82) is 0 Å². The van der Waals surface area contributed by atoms with Crippen LogP contribution < -0.4 is 10.4 Å². The van der Waals surface area contributed by atoms with Crippen LogP contribution in [-0.4, -0.2) is 4.98 Å². The summed E-state index contributed by atoms with van der Waals surface area (Å²) in [6.07, 6.45) is 0. The highest BCUT2D eigenvalue weighted by Crippen LogP contribution is 2.29. The number of hydrogen-bond acceptors (Lipinski definition) is 4. The highest BCUT2D eigenvalue weighted by molar-refractivity contribution is 7.99. The van der Waals surface area contributed by atoms with Gasteiger partial charge in [-0.25, -0.2) is 0 Å². The molecule has 3 rings (SSSR count). The zero-order valence-electron chi connectivity index (χ0n) is 9.75. The summed E-state index contributed by atoms with van der Waals surface area (Å²) >= 11 is 2.64. The summed E-state index contributed by atoms with van der Waals surface area (Å²) in [6.45, 7) is 0. The maximum absolute atomic E-state index is 11.7. The first kappa shape index (κ1) is 12.2. The van der Waals surface area contributed by atoms with Gasteiger partial charge in [0.15, 0.2) is 0 Å². The molecule has 0 unspecified atom stereocenters. The van der Waals surface area contributed by atoms with Crippen molar-refractivity contribution in [2.24, 2.45) is 0 Å². The molecule has 0 atom stereocenters. The molecule has 1 N–H and O–H groups in total. The highest BCUT2D eigenvalue weighted by atomic mass is 32.2. The van der Waals surface area contributed by atoms with Gasteiger partial charge < -0.3 is 0 Å². The van der Waals surface area contributed by atoms with E-state index >= 15 is 0 Å². The first-order chi connectivity index (χ1) is 9.22. The molecular weight excluding hydrogens is 278 g/mol. The minimum atomic E-state index is -0.325. The number of hydrogen-bond donors (Lipinski definition) is 1. The average Bonchev–Trinajstić information content (AvgIpc) is 2.40. The van der Waals surface area contributed by atoms with Crippen molar-refractivity contribution in [3.63, 3.8) is 0 Å². The van der Waals surface area contributed by atoms with Gasteiger partial charge in [-0.05, 0) is 30.3 Å². The van der Waals surface area contributed by atoms with Crippen molar-refractivity contribution in [2.45, 2.75) is 9.79 Å². The number of aromatic amines is 1. The van der Waals surface area contributed by atoms with Crippen LogP contribution in [0.2, 0.25) is 0 Å². The van der Waals surface area contributed by atoms with Gasteiger partial charge in [0.2, 0.25) is 0 Å². The molecule has 0 saturated carbocycles. The number of H-pyrrole nitrogens is 1. The van der Waals surface area contributed by atoms with Crippen LogP contribution in [0, 0.1) is 0 Å². The van der Waals surface area contributed by atoms with Gasteiger partial charge in [-0.15, -0.1) is 0 Å². The highest BCUT2D eigenvalue weighted by Gasteiger charge is 2.04. The van der Waals surface area contributed by atoms with E-state index in [-0.39, 0.29) is 10.4 Å². The van der Waals surface area contributed by atoms with Gasteiger partial charge in [-0.1, -0.05) is 41.3 Å². The summed E-state index contributed by atoms with van der Waals surface area (Å²) < 4.78 is 0.714. The topological polar surface area (TPSA) is 49.9 Å². The maximum atomic E-state index is 11.7. The molecule has 94 valence electrons. The van der Waals surface area contributed by atoms with Crippen molar-refractivity contribution < 1.29 is 0 Å². The molecular formula is C14H9NO2S2. The summed E-state index contributed by atoms with van der Waals surface area (Å²) in [6, 6.07) is 15.5. The Bertz CT molecular complexity index is 837. The average molecular weight is 287 g/mol. The molecule has 0 spiro atoms.